The fourth-order valence-electron chi connectivity index (χ4n) is 7.76. The molecule has 10 rings (SSSR count). The summed E-state index contributed by atoms with van der Waals surface area (Å²) in [6.07, 6.45) is 12.2. The predicted octanol–water partition coefficient (Wildman–Crippen LogP) is 13.7. The quantitative estimate of drug-likeness (QED) is 0.146. The Labute approximate surface area is 350 Å². The van der Waals surface area contributed by atoms with E-state index in [0.29, 0.717) is 17.5 Å². The molecule has 9 aromatic rings. The van der Waals surface area contributed by atoms with E-state index in [1.807, 2.05) is 73.1 Å². The third-order valence-electron chi connectivity index (χ3n) is 10.9. The Morgan fingerprint density at radius 3 is 1.18 bits per heavy atom. The van der Waals surface area contributed by atoms with Crippen molar-refractivity contribution in [1.29, 1.82) is 0 Å². The van der Waals surface area contributed by atoms with Crippen molar-refractivity contribution in [2.24, 2.45) is 0 Å². The highest BCUT2D eigenvalue weighted by Gasteiger charge is 2.18. The Balaban J connectivity index is 1.13. The highest BCUT2D eigenvalue weighted by Crippen LogP contribution is 2.37. The van der Waals surface area contributed by atoms with Gasteiger partial charge >= 0.3 is 0 Å². The molecule has 0 aliphatic heterocycles. The van der Waals surface area contributed by atoms with E-state index in [1.165, 1.54) is 5.57 Å². The lowest BCUT2D eigenvalue weighted by Gasteiger charge is -2.15. The minimum atomic E-state index is 0.606. The van der Waals surface area contributed by atoms with E-state index < -0.39 is 0 Å². The summed E-state index contributed by atoms with van der Waals surface area (Å²) in [5.41, 5.74) is 15.8. The molecule has 0 saturated carbocycles. The van der Waals surface area contributed by atoms with Crippen LogP contribution in [0.1, 0.15) is 18.4 Å². The second-order valence-electron chi connectivity index (χ2n) is 14.9. The minimum Gasteiger partial charge on any atom is -0.256 e. The van der Waals surface area contributed by atoms with E-state index in [4.69, 9.17) is 15.0 Å². The molecule has 3 heterocycles. The Morgan fingerprint density at radius 2 is 0.717 bits per heavy atom. The van der Waals surface area contributed by atoms with Crippen molar-refractivity contribution in [2.45, 2.75) is 12.8 Å². The van der Waals surface area contributed by atoms with E-state index in [1.54, 1.807) is 0 Å². The van der Waals surface area contributed by atoms with Gasteiger partial charge in [-0.1, -0.05) is 140 Å². The summed E-state index contributed by atoms with van der Waals surface area (Å²) in [5.74, 6) is 1.84. The van der Waals surface area contributed by atoms with Gasteiger partial charge in [-0.05, 0) is 118 Å². The van der Waals surface area contributed by atoms with Crippen LogP contribution in [0.15, 0.2) is 213 Å². The number of hydrogen-bond acceptors (Lipinski definition) is 5. The number of aromatic nitrogens is 5. The van der Waals surface area contributed by atoms with Gasteiger partial charge < -0.3 is 0 Å². The standard InChI is InChI=1S/C55H39N5/c1-4-14-38(15-5-1)45-32-47(40-22-26-42(27-23-40)51-20-10-12-30-56-51)36-49(34-45)54-58-53(44-18-8-3-9-19-44)59-55(60-54)50-35-46(39-16-6-2-7-17-39)33-48(37-50)41-24-28-43(29-25-41)52-21-11-13-31-57-52/h1-6,8-16,18-37H,7,17H2. The van der Waals surface area contributed by atoms with Gasteiger partial charge in [0.25, 0.3) is 0 Å². The highest BCUT2D eigenvalue weighted by atomic mass is 15.0. The van der Waals surface area contributed by atoms with Crippen molar-refractivity contribution in [3.63, 3.8) is 0 Å². The molecule has 1 aliphatic carbocycles. The normalized spacial score (nSPS) is 12.2. The summed E-state index contributed by atoms with van der Waals surface area (Å²) in [7, 11) is 0. The third kappa shape index (κ3) is 7.85. The van der Waals surface area contributed by atoms with Crippen LogP contribution in [0.25, 0.3) is 95.6 Å². The lowest BCUT2D eigenvalue weighted by atomic mass is 9.91. The molecular weight excluding hydrogens is 731 g/mol. The molecule has 5 heteroatoms. The summed E-state index contributed by atoms with van der Waals surface area (Å²) in [6, 6.07) is 63.3. The maximum atomic E-state index is 5.33. The van der Waals surface area contributed by atoms with Crippen LogP contribution in [0.4, 0.5) is 0 Å². The summed E-state index contributed by atoms with van der Waals surface area (Å²) in [4.78, 5) is 24.9. The Hall–Kier alpha value is -7.89. The average molecular weight is 770 g/mol. The molecule has 0 N–H and O–H groups in total. The van der Waals surface area contributed by atoms with Crippen LogP contribution in [0, 0.1) is 0 Å². The molecule has 0 bridgehead atoms. The Bertz CT molecular complexity index is 2980. The first-order chi connectivity index (χ1) is 29.7. The van der Waals surface area contributed by atoms with Crippen LogP contribution in [0.2, 0.25) is 0 Å². The van der Waals surface area contributed by atoms with Crippen molar-refractivity contribution in [1.82, 2.24) is 24.9 Å². The van der Waals surface area contributed by atoms with Gasteiger partial charge in [0.1, 0.15) is 0 Å². The molecule has 0 saturated heterocycles. The third-order valence-corrected chi connectivity index (χ3v) is 10.9. The maximum Gasteiger partial charge on any atom is 0.164 e. The van der Waals surface area contributed by atoms with Crippen LogP contribution in [-0.4, -0.2) is 24.9 Å². The lowest BCUT2D eigenvalue weighted by Crippen LogP contribution is -2.01. The monoisotopic (exact) mass is 769 g/mol. The molecule has 0 atom stereocenters. The van der Waals surface area contributed by atoms with E-state index in [2.05, 4.69) is 150 Å². The first-order valence-electron chi connectivity index (χ1n) is 20.3. The summed E-state index contributed by atoms with van der Waals surface area (Å²) in [6.45, 7) is 0. The fourth-order valence-corrected chi connectivity index (χ4v) is 7.76. The highest BCUT2D eigenvalue weighted by molar-refractivity contribution is 5.83. The van der Waals surface area contributed by atoms with Gasteiger partial charge in [-0.15, -0.1) is 0 Å². The Kier molecular flexibility index (Phi) is 10.0. The van der Waals surface area contributed by atoms with E-state index in [0.717, 1.165) is 91.0 Å². The minimum absolute atomic E-state index is 0.606. The summed E-state index contributed by atoms with van der Waals surface area (Å²) >= 11 is 0. The van der Waals surface area contributed by atoms with Crippen molar-refractivity contribution in [3.05, 3.63) is 218 Å². The lowest BCUT2D eigenvalue weighted by molar-refractivity contribution is 1.05. The largest absolute Gasteiger partial charge is 0.256 e. The van der Waals surface area contributed by atoms with Gasteiger partial charge in [-0.2, -0.15) is 0 Å². The van der Waals surface area contributed by atoms with E-state index in [9.17, 15) is 0 Å². The van der Waals surface area contributed by atoms with Gasteiger partial charge in [-0.25, -0.2) is 15.0 Å². The molecular formula is C55H39N5. The van der Waals surface area contributed by atoms with Crippen molar-refractivity contribution in [2.75, 3.05) is 0 Å². The molecule has 6 aromatic carbocycles. The van der Waals surface area contributed by atoms with Crippen LogP contribution < -0.4 is 0 Å². The van der Waals surface area contributed by atoms with Gasteiger partial charge in [0.15, 0.2) is 17.5 Å². The average Bonchev–Trinajstić information content (AvgIpc) is 3.35. The molecule has 60 heavy (non-hydrogen) atoms. The molecule has 0 fully saturated rings. The van der Waals surface area contributed by atoms with E-state index >= 15 is 0 Å². The molecule has 0 unspecified atom stereocenters. The second kappa shape index (κ2) is 16.5. The van der Waals surface area contributed by atoms with Gasteiger partial charge in [0.05, 0.1) is 11.4 Å². The molecule has 5 nitrogen and oxygen atoms in total. The molecule has 0 amide bonds. The van der Waals surface area contributed by atoms with Crippen molar-refractivity contribution < 1.29 is 0 Å². The van der Waals surface area contributed by atoms with Crippen LogP contribution in [0.5, 0.6) is 0 Å². The number of allylic oxidation sites excluding steroid dienone is 4. The Morgan fingerprint density at radius 1 is 0.317 bits per heavy atom. The number of nitrogens with zero attached hydrogens (tertiary/aromatic N) is 5. The topological polar surface area (TPSA) is 64.5 Å². The van der Waals surface area contributed by atoms with Gasteiger partial charge in [0, 0.05) is 40.2 Å². The first-order valence-corrected chi connectivity index (χ1v) is 20.3. The second-order valence-corrected chi connectivity index (χ2v) is 14.9. The summed E-state index contributed by atoms with van der Waals surface area (Å²) < 4.78 is 0. The molecule has 0 spiro atoms. The molecule has 0 radical (unpaired) electrons. The fraction of sp³-hybridized carbons (Fsp3) is 0.0364. The molecule has 3 aromatic heterocycles. The van der Waals surface area contributed by atoms with Gasteiger partial charge in [-0.3, -0.25) is 9.97 Å². The molecule has 1 aliphatic rings. The van der Waals surface area contributed by atoms with Crippen LogP contribution in [0.3, 0.4) is 0 Å². The van der Waals surface area contributed by atoms with Gasteiger partial charge in [0.2, 0.25) is 0 Å². The number of hydrogen-bond donors (Lipinski definition) is 0. The zero-order valence-electron chi connectivity index (χ0n) is 32.9. The predicted molar refractivity (Wildman–Crippen MR) is 245 cm³/mol. The van der Waals surface area contributed by atoms with Crippen molar-refractivity contribution >= 4 is 5.57 Å². The number of rotatable bonds is 9. The SMILES string of the molecule is C1=CCCC(c2cc(-c3ccc(-c4ccccn4)cc3)cc(-c3nc(-c4ccccc4)nc(-c4cc(-c5ccccc5)cc(-c5ccc(-c6ccccn6)cc5)c4)n3)c2)=C1. The van der Waals surface area contributed by atoms with Crippen LogP contribution >= 0.6 is 0 Å². The zero-order chi connectivity index (χ0) is 40.1. The number of pyridine rings is 2. The first kappa shape index (κ1) is 36.5. The zero-order valence-corrected chi connectivity index (χ0v) is 32.9. The van der Waals surface area contributed by atoms with E-state index in [-0.39, 0.29) is 0 Å². The number of benzene rings is 6. The smallest absolute Gasteiger partial charge is 0.164 e. The van der Waals surface area contributed by atoms with Crippen LogP contribution in [-0.2, 0) is 0 Å². The van der Waals surface area contributed by atoms with Crippen molar-refractivity contribution in [3.8, 4) is 90.1 Å². The summed E-state index contributed by atoms with van der Waals surface area (Å²) in [5, 5.41) is 0. The molecule has 284 valence electrons. The maximum absolute atomic E-state index is 5.33.